The first-order chi connectivity index (χ1) is 25.6. The molecule has 0 radical (unpaired) electrons. The van der Waals surface area contributed by atoms with Crippen molar-refractivity contribution in [2.24, 2.45) is 5.11 Å². The molecule has 5 amide bonds. The van der Waals surface area contributed by atoms with E-state index in [1.165, 1.54) is 0 Å². The second-order valence-electron chi connectivity index (χ2n) is 12.8. The van der Waals surface area contributed by atoms with Crippen LogP contribution in [0.2, 0.25) is 0 Å². The molecule has 5 atom stereocenters. The lowest BCUT2D eigenvalue weighted by Gasteiger charge is -2.19. The van der Waals surface area contributed by atoms with Crippen LogP contribution in [0, 0.1) is 23.3 Å². The van der Waals surface area contributed by atoms with Crippen molar-refractivity contribution in [2.75, 3.05) is 31.7 Å². The smallest absolute Gasteiger partial charge is 0.315 e. The number of hydrogen-bond acceptors (Lipinski definition) is 10. The van der Waals surface area contributed by atoms with Gasteiger partial charge < -0.3 is 26.6 Å². The van der Waals surface area contributed by atoms with Gasteiger partial charge in [-0.25, -0.2) is 26.6 Å². The van der Waals surface area contributed by atoms with E-state index in [-0.39, 0.29) is 55.7 Å². The van der Waals surface area contributed by atoms with Crippen molar-refractivity contribution in [2.45, 2.75) is 100 Å². The fourth-order valence-electron chi connectivity index (χ4n) is 5.93. The van der Waals surface area contributed by atoms with Crippen LogP contribution in [0.5, 0.6) is 0 Å². The molecule has 0 aliphatic carbocycles. The van der Waals surface area contributed by atoms with Crippen molar-refractivity contribution in [3.8, 4) is 0 Å². The molecule has 300 valence electrons. The first kappa shape index (κ1) is 44.7. The minimum absolute atomic E-state index is 0.0247. The number of amides is 5. The van der Waals surface area contributed by atoms with Crippen LogP contribution < -0.4 is 26.6 Å². The van der Waals surface area contributed by atoms with Crippen LogP contribution in [0.25, 0.3) is 10.4 Å². The molecule has 0 saturated carbocycles. The van der Waals surface area contributed by atoms with Gasteiger partial charge in [-0.2, -0.15) is 11.8 Å². The molecule has 5 N–H and O–H groups in total. The topological polar surface area (TPSA) is 221 Å². The standard InChI is InChI=1S/C32H44F4N8O7S3/c1-54(50,52)51-16-13-20(45)18(40-31(48)24-25(33)27(35)30(43-44-37)28(36)26(24)34)9-6-8-15-39-22(46)11-3-2-7-14-38-23(47)12-5-4-10-21-29-19(17-53-21)41-32(49)42-29/h18-19,21,29H,2-17H2,1H3,(H,38,47)(H,39,46)(H,40,48)(H2,41,42,49). The molecule has 0 spiro atoms. The van der Waals surface area contributed by atoms with Crippen molar-refractivity contribution in [1.82, 2.24) is 26.6 Å². The Balaban J connectivity index is 1.33. The Bertz CT molecular complexity index is 1670. The highest BCUT2D eigenvalue weighted by Gasteiger charge is 2.42. The molecule has 15 nitrogen and oxygen atoms in total. The molecule has 22 heteroatoms. The van der Waals surface area contributed by atoms with Crippen molar-refractivity contribution in [3.05, 3.63) is 39.3 Å². The highest BCUT2D eigenvalue weighted by Crippen LogP contribution is 2.33. The zero-order chi connectivity index (χ0) is 39.8. The van der Waals surface area contributed by atoms with E-state index in [2.05, 4.69) is 47.8 Å². The van der Waals surface area contributed by atoms with E-state index in [0.717, 1.165) is 31.3 Å². The lowest BCUT2D eigenvalue weighted by atomic mass is 10.0. The van der Waals surface area contributed by atoms with Gasteiger partial charge in [0.25, 0.3) is 5.91 Å². The van der Waals surface area contributed by atoms with E-state index in [1.807, 2.05) is 11.8 Å². The molecule has 2 fully saturated rings. The minimum Gasteiger partial charge on any atom is -0.356 e. The van der Waals surface area contributed by atoms with Crippen molar-refractivity contribution < 1.29 is 49.9 Å². The third-order valence-corrected chi connectivity index (χ3v) is 11.1. The number of benzene rings is 1. The predicted molar refractivity (Wildman–Crippen MR) is 196 cm³/mol. The Morgan fingerprint density at radius 1 is 0.944 bits per heavy atom. The fourth-order valence-corrected chi connectivity index (χ4v) is 8.06. The number of carbonyl (C=O) groups excluding carboxylic acids is 5. The Morgan fingerprint density at radius 2 is 1.56 bits per heavy atom. The normalized spacial score (nSPS) is 19.1. The Kier molecular flexibility index (Phi) is 18.2. The number of fused-ring (bicyclic) bond motifs is 1. The van der Waals surface area contributed by atoms with Gasteiger partial charge in [-0.15, -0.1) is 0 Å². The fraction of sp³-hybridized carbons (Fsp3) is 0.656. The van der Waals surface area contributed by atoms with Crippen LogP contribution in [-0.2, 0) is 38.5 Å². The van der Waals surface area contributed by atoms with Crippen LogP contribution in [0.4, 0.5) is 28.0 Å². The maximum Gasteiger partial charge on any atom is 0.315 e. The van der Waals surface area contributed by atoms with Crippen LogP contribution in [0.1, 0.15) is 87.4 Å². The maximum atomic E-state index is 14.6. The Morgan fingerprint density at radius 3 is 2.17 bits per heavy atom. The average molecular weight is 825 g/mol. The van der Waals surface area contributed by atoms with Gasteiger partial charge in [-0.1, -0.05) is 18.0 Å². The zero-order valence-electron chi connectivity index (χ0n) is 29.6. The number of hydrogen-bond donors (Lipinski definition) is 5. The molecular formula is C32H44F4N8O7S3. The van der Waals surface area contributed by atoms with Gasteiger partial charge in [-0.05, 0) is 50.5 Å². The van der Waals surface area contributed by atoms with Crippen molar-refractivity contribution in [3.63, 3.8) is 0 Å². The molecule has 2 aliphatic heterocycles. The third-order valence-electron chi connectivity index (χ3n) is 8.68. The number of Topliss-reactive ketones (excluding diaryl/α,β-unsaturated/α-hetero) is 1. The summed E-state index contributed by atoms with van der Waals surface area (Å²) in [5.74, 6) is -10.2. The van der Waals surface area contributed by atoms with Crippen LogP contribution in [0.15, 0.2) is 5.11 Å². The summed E-state index contributed by atoms with van der Waals surface area (Å²) in [4.78, 5) is 63.6. The number of carbonyl (C=O) groups is 5. The SMILES string of the molecule is CS(=O)(=S)OCCC(=O)C(CCCCNC(=O)CCCCCNC(=O)CCCCC1SCC2NC(=O)NC21)NC(=O)c1c(F)c(F)c(N=[N+]=[N-])c(F)c1F. The van der Waals surface area contributed by atoms with Gasteiger partial charge in [-0.3, -0.25) is 23.4 Å². The van der Waals surface area contributed by atoms with Crippen LogP contribution in [-0.4, -0.2) is 88.8 Å². The zero-order valence-corrected chi connectivity index (χ0v) is 32.0. The average Bonchev–Trinajstić information content (AvgIpc) is 3.66. The highest BCUT2D eigenvalue weighted by atomic mass is 32.8. The Labute approximate surface area is 319 Å². The van der Waals surface area contributed by atoms with E-state index >= 15 is 0 Å². The monoisotopic (exact) mass is 824 g/mol. The van der Waals surface area contributed by atoms with Gasteiger partial charge in [0.15, 0.2) is 29.1 Å². The number of thioether (sulfide) groups is 1. The van der Waals surface area contributed by atoms with Crippen molar-refractivity contribution in [1.29, 1.82) is 0 Å². The Hall–Kier alpha value is -3.72. The molecule has 54 heavy (non-hydrogen) atoms. The molecular weight excluding hydrogens is 781 g/mol. The molecule has 3 rings (SSSR count). The number of rotatable bonds is 24. The molecule has 2 aliphatic rings. The third kappa shape index (κ3) is 14.2. The summed E-state index contributed by atoms with van der Waals surface area (Å²) in [6.07, 6.45) is 6.39. The van der Waals surface area contributed by atoms with E-state index in [4.69, 9.17) is 9.71 Å². The highest BCUT2D eigenvalue weighted by molar-refractivity contribution is 8.29. The van der Waals surface area contributed by atoms with E-state index < -0.39 is 74.1 Å². The number of nitrogens with one attached hydrogen (secondary N) is 5. The quantitative estimate of drug-likeness (QED) is 0.0191. The van der Waals surface area contributed by atoms with Crippen LogP contribution in [0.3, 0.4) is 0 Å². The summed E-state index contributed by atoms with van der Waals surface area (Å²) in [5, 5.41) is 16.5. The number of halogens is 4. The number of urea groups is 1. The minimum atomic E-state index is -3.09. The summed E-state index contributed by atoms with van der Waals surface area (Å²) in [6.45, 7) is 0.299. The van der Waals surface area contributed by atoms with Gasteiger partial charge in [0.2, 0.25) is 11.8 Å². The van der Waals surface area contributed by atoms with Crippen LogP contribution >= 0.6 is 11.8 Å². The van der Waals surface area contributed by atoms with Gasteiger partial charge >= 0.3 is 6.03 Å². The molecule has 2 heterocycles. The molecule has 0 aromatic heterocycles. The van der Waals surface area contributed by atoms with E-state index in [9.17, 15) is 45.7 Å². The van der Waals surface area contributed by atoms with Gasteiger partial charge in [0, 0.05) is 65.7 Å². The summed E-state index contributed by atoms with van der Waals surface area (Å²) in [7, 11) is -3.09. The van der Waals surface area contributed by atoms with Gasteiger partial charge in [0.1, 0.15) is 20.0 Å². The summed E-state index contributed by atoms with van der Waals surface area (Å²) in [5.41, 5.74) is 5.14. The lowest BCUT2D eigenvalue weighted by Crippen LogP contribution is -2.42. The number of nitrogens with zero attached hydrogens (tertiary/aromatic N) is 3. The molecule has 0 bridgehead atoms. The first-order valence-electron chi connectivity index (χ1n) is 17.4. The molecule has 1 aromatic rings. The largest absolute Gasteiger partial charge is 0.356 e. The van der Waals surface area contributed by atoms with E-state index in [0.29, 0.717) is 43.9 Å². The second-order valence-corrected chi connectivity index (χ2v) is 17.5. The molecule has 2 saturated heterocycles. The maximum absolute atomic E-state index is 14.6. The van der Waals surface area contributed by atoms with E-state index in [1.54, 1.807) is 0 Å². The second kappa shape index (κ2) is 22.0. The number of unbranched alkanes of at least 4 members (excludes halogenated alkanes) is 4. The lowest BCUT2D eigenvalue weighted by molar-refractivity contribution is -0.122. The van der Waals surface area contributed by atoms with Crippen molar-refractivity contribution >= 4 is 66.9 Å². The van der Waals surface area contributed by atoms with Gasteiger partial charge in [0.05, 0.1) is 24.7 Å². The molecule has 5 unspecified atom stereocenters. The summed E-state index contributed by atoms with van der Waals surface area (Å²) < 4.78 is 74.1. The summed E-state index contributed by atoms with van der Waals surface area (Å²) in [6, 6.07) is -1.20. The number of ketones is 1. The first-order valence-corrected chi connectivity index (χ1v) is 21.3. The molecule has 1 aromatic carbocycles. The predicted octanol–water partition coefficient (Wildman–Crippen LogP) is 4.24. The summed E-state index contributed by atoms with van der Waals surface area (Å²) >= 11 is 6.46. The number of azide groups is 1.